The molecule has 0 aromatic heterocycles. The summed E-state index contributed by atoms with van der Waals surface area (Å²) in [7, 11) is 1.46. The number of hydrogen-bond donors (Lipinski definition) is 2. The van der Waals surface area contributed by atoms with Crippen LogP contribution in [0.25, 0.3) is 0 Å². The summed E-state index contributed by atoms with van der Waals surface area (Å²) in [5.41, 5.74) is 1.75. The van der Waals surface area contributed by atoms with Crippen molar-refractivity contribution in [3.8, 4) is 0 Å². The molecule has 25 heavy (non-hydrogen) atoms. The van der Waals surface area contributed by atoms with E-state index >= 15 is 0 Å². The standard InChI is InChI=1S/C18H23N3O3S/c1-20(2)25(23,24)17-11-9-16(10-12-17)19-18(22)14-21(3)13-15-7-5-4-6-8-15/h4-12H,13-14H2,1-3H3,(H,19,22)/p+1. The third-order valence-electron chi connectivity index (χ3n) is 3.73. The number of nitrogens with one attached hydrogen (secondary N) is 2. The number of anilines is 1. The average Bonchev–Trinajstić information content (AvgIpc) is 2.55. The molecule has 0 aliphatic heterocycles. The number of amides is 1. The molecule has 0 spiro atoms. The second-order valence-electron chi connectivity index (χ2n) is 6.16. The summed E-state index contributed by atoms with van der Waals surface area (Å²) in [4.78, 5) is 13.4. The summed E-state index contributed by atoms with van der Waals surface area (Å²) >= 11 is 0. The van der Waals surface area contributed by atoms with Gasteiger partial charge < -0.3 is 10.2 Å². The minimum atomic E-state index is -3.46. The molecule has 0 saturated heterocycles. The zero-order valence-electron chi connectivity index (χ0n) is 14.7. The smallest absolute Gasteiger partial charge is 0.279 e. The van der Waals surface area contributed by atoms with Gasteiger partial charge in [0.2, 0.25) is 10.0 Å². The Kier molecular flexibility index (Phi) is 6.30. The molecular formula is C18H24N3O3S+. The van der Waals surface area contributed by atoms with E-state index in [9.17, 15) is 13.2 Å². The minimum Gasteiger partial charge on any atom is -0.326 e. The molecule has 1 unspecified atom stereocenters. The molecule has 1 amide bonds. The molecule has 0 saturated carbocycles. The Hall–Kier alpha value is -2.22. The molecule has 2 rings (SSSR count). The molecule has 1 atom stereocenters. The maximum atomic E-state index is 12.1. The molecular weight excluding hydrogens is 338 g/mol. The summed E-state index contributed by atoms with van der Waals surface area (Å²) in [6, 6.07) is 16.2. The second-order valence-corrected chi connectivity index (χ2v) is 8.31. The van der Waals surface area contributed by atoms with E-state index in [0.29, 0.717) is 12.2 Å². The molecule has 2 N–H and O–H groups in total. The van der Waals surface area contributed by atoms with Gasteiger partial charge in [0.25, 0.3) is 5.91 Å². The van der Waals surface area contributed by atoms with Crippen LogP contribution in [0.15, 0.2) is 59.5 Å². The van der Waals surface area contributed by atoms with Crippen molar-refractivity contribution in [2.75, 3.05) is 33.0 Å². The van der Waals surface area contributed by atoms with Crippen LogP contribution in [0, 0.1) is 0 Å². The minimum absolute atomic E-state index is 0.114. The number of likely N-dealkylation sites (N-methyl/N-ethyl adjacent to an activating group) is 1. The van der Waals surface area contributed by atoms with Gasteiger partial charge in [-0.3, -0.25) is 4.79 Å². The van der Waals surface area contributed by atoms with Gasteiger partial charge in [-0.1, -0.05) is 30.3 Å². The van der Waals surface area contributed by atoms with E-state index in [2.05, 4.69) is 5.32 Å². The van der Waals surface area contributed by atoms with E-state index in [4.69, 9.17) is 0 Å². The number of quaternary nitrogens is 1. The number of carbonyl (C=O) groups excluding carboxylic acids is 1. The topological polar surface area (TPSA) is 70.9 Å². The van der Waals surface area contributed by atoms with E-state index in [0.717, 1.165) is 15.7 Å². The van der Waals surface area contributed by atoms with Crippen molar-refractivity contribution < 1.29 is 18.1 Å². The molecule has 2 aromatic rings. The Balaban J connectivity index is 1.92. The highest BCUT2D eigenvalue weighted by atomic mass is 32.2. The lowest BCUT2D eigenvalue weighted by Crippen LogP contribution is -3.08. The summed E-state index contributed by atoms with van der Waals surface area (Å²) in [6.07, 6.45) is 0. The monoisotopic (exact) mass is 362 g/mol. The molecule has 2 aromatic carbocycles. The molecule has 7 heteroatoms. The Morgan fingerprint density at radius 2 is 1.64 bits per heavy atom. The number of nitrogens with zero attached hydrogens (tertiary/aromatic N) is 1. The summed E-state index contributed by atoms with van der Waals surface area (Å²) in [5.74, 6) is -0.114. The lowest BCUT2D eigenvalue weighted by atomic mass is 10.2. The van der Waals surface area contributed by atoms with Crippen molar-refractivity contribution in [3.63, 3.8) is 0 Å². The number of hydrogen-bond acceptors (Lipinski definition) is 3. The first-order valence-electron chi connectivity index (χ1n) is 7.96. The average molecular weight is 362 g/mol. The van der Waals surface area contributed by atoms with E-state index < -0.39 is 10.0 Å². The fourth-order valence-corrected chi connectivity index (χ4v) is 3.31. The summed E-state index contributed by atoms with van der Waals surface area (Å²) in [6.45, 7) is 1.08. The Morgan fingerprint density at radius 3 is 2.20 bits per heavy atom. The van der Waals surface area contributed by atoms with Gasteiger partial charge in [-0.05, 0) is 24.3 Å². The SMILES string of the molecule is CN(C)S(=O)(=O)c1ccc(NC(=O)C[NH+](C)Cc2ccccc2)cc1. The van der Waals surface area contributed by atoms with Gasteiger partial charge in [-0.15, -0.1) is 0 Å². The van der Waals surface area contributed by atoms with E-state index in [1.165, 1.54) is 31.8 Å². The highest BCUT2D eigenvalue weighted by molar-refractivity contribution is 7.89. The first kappa shape index (κ1) is 19.1. The maximum absolute atomic E-state index is 12.1. The lowest BCUT2D eigenvalue weighted by molar-refractivity contribution is -0.885. The van der Waals surface area contributed by atoms with Crippen molar-refractivity contribution >= 4 is 21.6 Å². The predicted octanol–water partition coefficient (Wildman–Crippen LogP) is 0.590. The van der Waals surface area contributed by atoms with Crippen molar-refractivity contribution in [1.82, 2.24) is 4.31 Å². The zero-order valence-corrected chi connectivity index (χ0v) is 15.5. The number of rotatable bonds is 7. The fourth-order valence-electron chi connectivity index (χ4n) is 2.41. The summed E-state index contributed by atoms with van der Waals surface area (Å²) in [5, 5.41) is 2.80. The van der Waals surface area contributed by atoms with Gasteiger partial charge in [0, 0.05) is 25.3 Å². The van der Waals surface area contributed by atoms with Crippen LogP contribution in [-0.4, -0.2) is 46.3 Å². The fraction of sp³-hybridized carbons (Fsp3) is 0.278. The van der Waals surface area contributed by atoms with Crippen molar-refractivity contribution in [2.24, 2.45) is 0 Å². The van der Waals surface area contributed by atoms with Gasteiger partial charge in [-0.25, -0.2) is 12.7 Å². The first-order chi connectivity index (χ1) is 11.8. The molecule has 6 nitrogen and oxygen atoms in total. The van der Waals surface area contributed by atoms with Gasteiger partial charge in [0.15, 0.2) is 6.54 Å². The van der Waals surface area contributed by atoms with E-state index in [1.807, 2.05) is 37.4 Å². The highest BCUT2D eigenvalue weighted by Crippen LogP contribution is 2.16. The number of sulfonamides is 1. The maximum Gasteiger partial charge on any atom is 0.279 e. The van der Waals surface area contributed by atoms with Crippen LogP contribution in [-0.2, 0) is 21.4 Å². The van der Waals surface area contributed by atoms with Crippen molar-refractivity contribution in [2.45, 2.75) is 11.4 Å². The lowest BCUT2D eigenvalue weighted by Gasteiger charge is -2.14. The van der Waals surface area contributed by atoms with Gasteiger partial charge in [0.1, 0.15) is 6.54 Å². The normalized spacial score (nSPS) is 12.8. The molecule has 0 aliphatic carbocycles. The third-order valence-corrected chi connectivity index (χ3v) is 5.56. The number of benzene rings is 2. The third kappa shape index (κ3) is 5.38. The molecule has 134 valence electrons. The van der Waals surface area contributed by atoms with Crippen LogP contribution < -0.4 is 10.2 Å². The summed E-state index contributed by atoms with van der Waals surface area (Å²) < 4.78 is 25.2. The van der Waals surface area contributed by atoms with Crippen LogP contribution >= 0.6 is 0 Å². The van der Waals surface area contributed by atoms with E-state index in [-0.39, 0.29) is 10.8 Å². The van der Waals surface area contributed by atoms with Gasteiger partial charge in [0.05, 0.1) is 11.9 Å². The Morgan fingerprint density at radius 1 is 1.04 bits per heavy atom. The van der Waals surface area contributed by atoms with Gasteiger partial charge >= 0.3 is 0 Å². The van der Waals surface area contributed by atoms with Crippen LogP contribution in [0.2, 0.25) is 0 Å². The molecule has 0 radical (unpaired) electrons. The number of carbonyl (C=O) groups is 1. The molecule has 0 fully saturated rings. The Labute approximate surface area is 149 Å². The molecule has 0 bridgehead atoms. The largest absolute Gasteiger partial charge is 0.326 e. The quantitative estimate of drug-likeness (QED) is 0.757. The molecule has 0 heterocycles. The van der Waals surface area contributed by atoms with Gasteiger partial charge in [-0.2, -0.15) is 0 Å². The highest BCUT2D eigenvalue weighted by Gasteiger charge is 2.17. The van der Waals surface area contributed by atoms with Crippen LogP contribution in [0.1, 0.15) is 5.56 Å². The van der Waals surface area contributed by atoms with E-state index in [1.54, 1.807) is 12.1 Å². The van der Waals surface area contributed by atoms with Crippen molar-refractivity contribution in [1.29, 1.82) is 0 Å². The Bertz CT molecular complexity index is 803. The molecule has 0 aliphatic rings. The van der Waals surface area contributed by atoms with Crippen LogP contribution in [0.3, 0.4) is 0 Å². The second kappa shape index (κ2) is 8.24. The first-order valence-corrected chi connectivity index (χ1v) is 9.40. The predicted molar refractivity (Wildman–Crippen MR) is 97.8 cm³/mol. The van der Waals surface area contributed by atoms with Crippen LogP contribution in [0.5, 0.6) is 0 Å². The van der Waals surface area contributed by atoms with Crippen molar-refractivity contribution in [3.05, 3.63) is 60.2 Å². The van der Waals surface area contributed by atoms with Crippen LogP contribution in [0.4, 0.5) is 5.69 Å². The zero-order chi connectivity index (χ0) is 18.4.